The lowest BCUT2D eigenvalue weighted by atomic mass is 10.2. The zero-order valence-electron chi connectivity index (χ0n) is 10.6. The molecule has 18 heavy (non-hydrogen) atoms. The number of hydrogen-bond acceptors (Lipinski definition) is 4. The van der Waals surface area contributed by atoms with Crippen LogP contribution in [0.15, 0.2) is 24.3 Å². The van der Waals surface area contributed by atoms with Crippen LogP contribution in [0.1, 0.15) is 12.6 Å². The number of aromatic nitrogens is 2. The molecule has 0 amide bonds. The molecule has 0 aliphatic rings. The van der Waals surface area contributed by atoms with Crippen LogP contribution in [0.2, 0.25) is 0 Å². The van der Waals surface area contributed by atoms with Crippen molar-refractivity contribution in [2.75, 3.05) is 13.2 Å². The van der Waals surface area contributed by atoms with Crippen LogP contribution in [0.25, 0.3) is 10.9 Å². The SMILES string of the molecule is CCOC(=O)CNCc1nn(C)c2ccccc12. The van der Waals surface area contributed by atoms with Gasteiger partial charge in [0.05, 0.1) is 24.4 Å². The minimum atomic E-state index is -0.238. The highest BCUT2D eigenvalue weighted by Crippen LogP contribution is 2.16. The van der Waals surface area contributed by atoms with Gasteiger partial charge in [-0.3, -0.25) is 9.48 Å². The second kappa shape index (κ2) is 5.64. The molecule has 2 rings (SSSR count). The van der Waals surface area contributed by atoms with E-state index in [0.29, 0.717) is 13.2 Å². The first-order chi connectivity index (χ1) is 8.72. The van der Waals surface area contributed by atoms with Crippen LogP contribution in [0.3, 0.4) is 0 Å². The number of ether oxygens (including phenoxy) is 1. The van der Waals surface area contributed by atoms with Crippen LogP contribution in [-0.4, -0.2) is 28.9 Å². The van der Waals surface area contributed by atoms with E-state index in [1.54, 1.807) is 6.92 Å². The summed E-state index contributed by atoms with van der Waals surface area (Å²) in [7, 11) is 1.91. The van der Waals surface area contributed by atoms with Gasteiger partial charge in [-0.05, 0) is 13.0 Å². The summed E-state index contributed by atoms with van der Waals surface area (Å²) in [6.45, 7) is 2.97. The molecule has 2 aromatic rings. The molecule has 5 nitrogen and oxygen atoms in total. The normalized spacial score (nSPS) is 10.8. The van der Waals surface area contributed by atoms with Gasteiger partial charge in [0.1, 0.15) is 0 Å². The van der Waals surface area contributed by atoms with Crippen molar-refractivity contribution in [3.63, 3.8) is 0 Å². The Hall–Kier alpha value is -1.88. The predicted molar refractivity (Wildman–Crippen MR) is 69.1 cm³/mol. The lowest BCUT2D eigenvalue weighted by molar-refractivity contribution is -0.142. The molecule has 0 atom stereocenters. The van der Waals surface area contributed by atoms with E-state index in [1.165, 1.54) is 0 Å². The van der Waals surface area contributed by atoms with Gasteiger partial charge in [0.15, 0.2) is 0 Å². The zero-order chi connectivity index (χ0) is 13.0. The number of para-hydroxylation sites is 1. The Morgan fingerprint density at radius 1 is 1.44 bits per heavy atom. The Labute approximate surface area is 106 Å². The van der Waals surface area contributed by atoms with Crippen molar-refractivity contribution < 1.29 is 9.53 Å². The molecule has 0 unspecified atom stereocenters. The highest BCUT2D eigenvalue weighted by atomic mass is 16.5. The maximum absolute atomic E-state index is 11.2. The second-order valence-electron chi connectivity index (χ2n) is 4.00. The molecule has 1 aromatic carbocycles. The van der Waals surface area contributed by atoms with Crippen LogP contribution in [0.5, 0.6) is 0 Å². The molecule has 0 aliphatic heterocycles. The smallest absolute Gasteiger partial charge is 0.319 e. The van der Waals surface area contributed by atoms with E-state index in [0.717, 1.165) is 16.6 Å². The number of carbonyl (C=O) groups excluding carboxylic acids is 1. The average Bonchev–Trinajstić information content (AvgIpc) is 2.68. The number of nitrogens with one attached hydrogen (secondary N) is 1. The number of carbonyl (C=O) groups is 1. The highest BCUT2D eigenvalue weighted by molar-refractivity contribution is 5.81. The van der Waals surface area contributed by atoms with Crippen molar-refractivity contribution >= 4 is 16.9 Å². The second-order valence-corrected chi connectivity index (χ2v) is 4.00. The Bertz CT molecular complexity index is 548. The minimum absolute atomic E-state index is 0.207. The van der Waals surface area contributed by atoms with E-state index in [2.05, 4.69) is 10.4 Å². The molecule has 1 N–H and O–H groups in total. The molecule has 0 saturated heterocycles. The van der Waals surface area contributed by atoms with Gasteiger partial charge >= 0.3 is 5.97 Å². The van der Waals surface area contributed by atoms with Crippen molar-refractivity contribution in [3.05, 3.63) is 30.0 Å². The van der Waals surface area contributed by atoms with Crippen molar-refractivity contribution in [3.8, 4) is 0 Å². The van der Waals surface area contributed by atoms with Crippen LogP contribution in [-0.2, 0) is 23.1 Å². The molecule has 1 heterocycles. The van der Waals surface area contributed by atoms with Crippen LogP contribution in [0, 0.1) is 0 Å². The summed E-state index contributed by atoms with van der Waals surface area (Å²) in [5.74, 6) is -0.238. The molecule has 1 aromatic heterocycles. The molecule has 0 spiro atoms. The number of benzene rings is 1. The summed E-state index contributed by atoms with van der Waals surface area (Å²) in [6, 6.07) is 8.03. The topological polar surface area (TPSA) is 56.1 Å². The standard InChI is InChI=1S/C13H17N3O2/c1-3-18-13(17)9-14-8-11-10-6-4-5-7-12(10)16(2)15-11/h4-7,14H,3,8-9H2,1-2H3. The molecule has 0 radical (unpaired) electrons. The lowest BCUT2D eigenvalue weighted by Gasteiger charge is -2.02. The Balaban J connectivity index is 2.02. The Morgan fingerprint density at radius 3 is 3.00 bits per heavy atom. The van der Waals surface area contributed by atoms with E-state index in [9.17, 15) is 4.79 Å². The molecule has 96 valence electrons. The Morgan fingerprint density at radius 2 is 2.22 bits per heavy atom. The van der Waals surface area contributed by atoms with E-state index in [4.69, 9.17) is 4.74 Å². The average molecular weight is 247 g/mol. The zero-order valence-corrected chi connectivity index (χ0v) is 10.6. The van der Waals surface area contributed by atoms with Crippen LogP contribution < -0.4 is 5.32 Å². The Kier molecular flexibility index (Phi) is 3.94. The number of fused-ring (bicyclic) bond motifs is 1. The summed E-state index contributed by atoms with van der Waals surface area (Å²) >= 11 is 0. The molecule has 0 saturated carbocycles. The van der Waals surface area contributed by atoms with Crippen molar-refractivity contribution in [1.82, 2.24) is 15.1 Å². The van der Waals surface area contributed by atoms with Gasteiger partial charge in [0.2, 0.25) is 0 Å². The summed E-state index contributed by atoms with van der Waals surface area (Å²) in [5.41, 5.74) is 2.03. The van der Waals surface area contributed by atoms with E-state index >= 15 is 0 Å². The lowest BCUT2D eigenvalue weighted by Crippen LogP contribution is -2.24. The maximum Gasteiger partial charge on any atom is 0.319 e. The van der Waals surface area contributed by atoms with Gasteiger partial charge in [0, 0.05) is 19.0 Å². The molecule has 0 aliphatic carbocycles. The molecular formula is C13H17N3O2. The third-order valence-corrected chi connectivity index (χ3v) is 2.70. The highest BCUT2D eigenvalue weighted by Gasteiger charge is 2.08. The van der Waals surface area contributed by atoms with E-state index < -0.39 is 0 Å². The molecule has 0 bridgehead atoms. The molecule has 5 heteroatoms. The minimum Gasteiger partial charge on any atom is -0.465 e. The summed E-state index contributed by atoms with van der Waals surface area (Å²) < 4.78 is 6.69. The van der Waals surface area contributed by atoms with Crippen LogP contribution >= 0.6 is 0 Å². The van der Waals surface area contributed by atoms with Gasteiger partial charge < -0.3 is 10.1 Å². The van der Waals surface area contributed by atoms with Crippen LogP contribution in [0.4, 0.5) is 0 Å². The fourth-order valence-corrected chi connectivity index (χ4v) is 1.91. The largest absolute Gasteiger partial charge is 0.465 e. The number of esters is 1. The first-order valence-electron chi connectivity index (χ1n) is 5.99. The van der Waals surface area contributed by atoms with Gasteiger partial charge in [-0.2, -0.15) is 5.10 Å². The van der Waals surface area contributed by atoms with Gasteiger partial charge in [-0.25, -0.2) is 0 Å². The third kappa shape index (κ3) is 2.68. The quantitative estimate of drug-likeness (QED) is 0.807. The number of aryl methyl sites for hydroxylation is 1. The molecule has 0 fully saturated rings. The summed E-state index contributed by atoms with van der Waals surface area (Å²) in [4.78, 5) is 11.2. The maximum atomic E-state index is 11.2. The number of hydrogen-bond donors (Lipinski definition) is 1. The summed E-state index contributed by atoms with van der Waals surface area (Å²) in [5, 5.41) is 8.58. The summed E-state index contributed by atoms with van der Waals surface area (Å²) in [6.07, 6.45) is 0. The van der Waals surface area contributed by atoms with Gasteiger partial charge in [-0.1, -0.05) is 18.2 Å². The number of rotatable bonds is 5. The molecular weight excluding hydrogens is 230 g/mol. The monoisotopic (exact) mass is 247 g/mol. The predicted octanol–water partition coefficient (Wildman–Crippen LogP) is 1.23. The fraction of sp³-hybridized carbons (Fsp3) is 0.385. The first kappa shape index (κ1) is 12.6. The van der Waals surface area contributed by atoms with E-state index in [-0.39, 0.29) is 12.5 Å². The van der Waals surface area contributed by atoms with Crippen molar-refractivity contribution in [1.29, 1.82) is 0 Å². The van der Waals surface area contributed by atoms with Crippen molar-refractivity contribution in [2.45, 2.75) is 13.5 Å². The number of nitrogens with zero attached hydrogens (tertiary/aromatic N) is 2. The first-order valence-corrected chi connectivity index (χ1v) is 5.99. The van der Waals surface area contributed by atoms with Gasteiger partial charge in [-0.15, -0.1) is 0 Å². The fourth-order valence-electron chi connectivity index (χ4n) is 1.91. The van der Waals surface area contributed by atoms with Crippen molar-refractivity contribution in [2.24, 2.45) is 7.05 Å². The third-order valence-electron chi connectivity index (χ3n) is 2.70. The van der Waals surface area contributed by atoms with E-state index in [1.807, 2.05) is 36.0 Å². The van der Waals surface area contributed by atoms with Gasteiger partial charge in [0.25, 0.3) is 0 Å².